The Kier molecular flexibility index (Phi) is 8.30. The van der Waals surface area contributed by atoms with Crippen LogP contribution < -0.4 is 15.5 Å². The Balaban J connectivity index is 1.32. The third kappa shape index (κ3) is 6.44. The van der Waals surface area contributed by atoms with Crippen molar-refractivity contribution in [3.8, 4) is 11.4 Å². The Morgan fingerprint density at radius 2 is 2.09 bits per heavy atom. The highest BCUT2D eigenvalue weighted by Crippen LogP contribution is 2.23. The van der Waals surface area contributed by atoms with E-state index in [1.165, 1.54) is 12.8 Å². The standard InChI is InChI=1S/C25H31N5O3S/c1-2-3-9-21(25(32)26-19-7-6-8-20(16-19)30-13-4-5-14-30)27-22(31)10-11-23-28-24(29-33-23)18-12-15-34-17-18/h6-8,12,15-17,21H,2-5,9-11,13-14H2,1H3,(H,26,32)(H,27,31)/t21-/m1/s1. The highest BCUT2D eigenvalue weighted by Gasteiger charge is 2.21. The lowest BCUT2D eigenvalue weighted by Crippen LogP contribution is -2.43. The second-order valence-corrected chi connectivity index (χ2v) is 9.30. The largest absolute Gasteiger partial charge is 0.371 e. The average molecular weight is 482 g/mol. The molecule has 2 N–H and O–H groups in total. The highest BCUT2D eigenvalue weighted by atomic mass is 32.1. The molecule has 9 heteroatoms. The van der Waals surface area contributed by atoms with Gasteiger partial charge in [0.2, 0.25) is 23.5 Å². The van der Waals surface area contributed by atoms with Crippen molar-refractivity contribution < 1.29 is 14.1 Å². The molecule has 8 nitrogen and oxygen atoms in total. The summed E-state index contributed by atoms with van der Waals surface area (Å²) in [5.74, 6) is 0.521. The molecule has 0 unspecified atom stereocenters. The summed E-state index contributed by atoms with van der Waals surface area (Å²) in [6, 6.07) is 9.24. The Bertz CT molecular complexity index is 1080. The number of aryl methyl sites for hydroxylation is 1. The molecule has 1 fully saturated rings. The molecule has 0 bridgehead atoms. The summed E-state index contributed by atoms with van der Waals surface area (Å²) >= 11 is 1.56. The zero-order chi connectivity index (χ0) is 23.8. The fourth-order valence-corrected chi connectivity index (χ4v) is 4.65. The lowest BCUT2D eigenvalue weighted by Gasteiger charge is -2.20. The van der Waals surface area contributed by atoms with E-state index in [-0.39, 0.29) is 18.2 Å². The average Bonchev–Trinajstić information content (AvgIpc) is 3.63. The summed E-state index contributed by atoms with van der Waals surface area (Å²) in [7, 11) is 0. The normalized spacial score (nSPS) is 14.2. The minimum Gasteiger partial charge on any atom is -0.371 e. The first-order valence-electron chi connectivity index (χ1n) is 11.9. The van der Waals surface area contributed by atoms with Gasteiger partial charge in [-0.15, -0.1) is 0 Å². The second kappa shape index (κ2) is 11.8. The summed E-state index contributed by atoms with van der Waals surface area (Å²) in [4.78, 5) is 32.3. The van der Waals surface area contributed by atoms with E-state index in [2.05, 4.69) is 38.7 Å². The van der Waals surface area contributed by atoms with Crippen molar-refractivity contribution in [1.82, 2.24) is 15.5 Å². The molecule has 0 spiro atoms. The van der Waals surface area contributed by atoms with Gasteiger partial charge in [-0.2, -0.15) is 16.3 Å². The number of carbonyl (C=O) groups excluding carboxylic acids is 2. The number of carbonyl (C=O) groups is 2. The fraction of sp³-hybridized carbons (Fsp3) is 0.440. The third-order valence-electron chi connectivity index (χ3n) is 5.90. The first-order valence-corrected chi connectivity index (χ1v) is 12.9. The lowest BCUT2D eigenvalue weighted by molar-refractivity contribution is -0.126. The number of rotatable bonds is 11. The van der Waals surface area contributed by atoms with Gasteiger partial charge in [0, 0.05) is 48.2 Å². The molecule has 0 radical (unpaired) electrons. The van der Waals surface area contributed by atoms with Crippen LogP contribution in [0.15, 0.2) is 45.6 Å². The van der Waals surface area contributed by atoms with Crippen LogP contribution in [0.3, 0.4) is 0 Å². The number of thiophene rings is 1. The molecular weight excluding hydrogens is 450 g/mol. The van der Waals surface area contributed by atoms with E-state index in [1.54, 1.807) is 11.3 Å². The zero-order valence-electron chi connectivity index (χ0n) is 19.5. The van der Waals surface area contributed by atoms with Gasteiger partial charge in [-0.05, 0) is 48.9 Å². The minimum atomic E-state index is -0.591. The Morgan fingerprint density at radius 1 is 1.24 bits per heavy atom. The minimum absolute atomic E-state index is 0.172. The number of nitrogens with one attached hydrogen (secondary N) is 2. The van der Waals surface area contributed by atoms with Gasteiger partial charge in [0.15, 0.2) is 0 Å². The SMILES string of the molecule is CCCC[C@@H](NC(=O)CCc1nc(-c2ccsc2)no1)C(=O)Nc1cccc(N2CCCC2)c1. The van der Waals surface area contributed by atoms with E-state index in [0.29, 0.717) is 24.6 Å². The summed E-state index contributed by atoms with van der Waals surface area (Å²) < 4.78 is 5.27. The first kappa shape index (κ1) is 23.9. The number of benzene rings is 1. The van der Waals surface area contributed by atoms with Crippen LogP contribution in [0.5, 0.6) is 0 Å². The van der Waals surface area contributed by atoms with Crippen LogP contribution >= 0.6 is 11.3 Å². The molecule has 4 rings (SSSR count). The Labute approximate surface area is 203 Å². The number of hydrogen-bond acceptors (Lipinski definition) is 7. The van der Waals surface area contributed by atoms with Gasteiger partial charge in [0.1, 0.15) is 6.04 Å². The molecule has 1 aliphatic rings. The fourth-order valence-electron chi connectivity index (χ4n) is 4.01. The van der Waals surface area contributed by atoms with Crippen molar-refractivity contribution in [3.63, 3.8) is 0 Å². The molecule has 2 aromatic heterocycles. The topological polar surface area (TPSA) is 100 Å². The van der Waals surface area contributed by atoms with Crippen LogP contribution in [0.2, 0.25) is 0 Å². The number of unbranched alkanes of at least 4 members (excludes halogenated alkanes) is 1. The molecule has 2 amide bonds. The van der Waals surface area contributed by atoms with Crippen molar-refractivity contribution in [3.05, 3.63) is 47.0 Å². The van der Waals surface area contributed by atoms with E-state index in [0.717, 1.165) is 42.9 Å². The number of nitrogens with zero attached hydrogens (tertiary/aromatic N) is 3. The highest BCUT2D eigenvalue weighted by molar-refractivity contribution is 7.08. The summed E-state index contributed by atoms with van der Waals surface area (Å²) in [6.07, 6.45) is 5.26. The van der Waals surface area contributed by atoms with E-state index < -0.39 is 6.04 Å². The molecular formula is C25H31N5O3S. The molecule has 1 saturated heterocycles. The molecule has 34 heavy (non-hydrogen) atoms. The molecule has 1 aliphatic heterocycles. The molecule has 180 valence electrons. The van der Waals surface area contributed by atoms with Gasteiger partial charge in [0.05, 0.1) is 0 Å². The van der Waals surface area contributed by atoms with Crippen molar-refractivity contribution in [2.45, 2.75) is 57.9 Å². The predicted octanol–water partition coefficient (Wildman–Crippen LogP) is 4.64. The van der Waals surface area contributed by atoms with Crippen LogP contribution in [-0.2, 0) is 16.0 Å². The van der Waals surface area contributed by atoms with Crippen LogP contribution in [0, 0.1) is 0 Å². The summed E-state index contributed by atoms with van der Waals surface area (Å²) in [5, 5.41) is 13.8. The van der Waals surface area contributed by atoms with Gasteiger partial charge in [-0.25, -0.2) is 0 Å². The summed E-state index contributed by atoms with van der Waals surface area (Å²) in [6.45, 7) is 4.15. The number of hydrogen-bond donors (Lipinski definition) is 2. The van der Waals surface area contributed by atoms with Crippen molar-refractivity contribution >= 4 is 34.5 Å². The van der Waals surface area contributed by atoms with Crippen molar-refractivity contribution in [2.24, 2.45) is 0 Å². The molecule has 1 atom stereocenters. The lowest BCUT2D eigenvalue weighted by atomic mass is 10.1. The van der Waals surface area contributed by atoms with E-state index >= 15 is 0 Å². The van der Waals surface area contributed by atoms with Gasteiger partial charge < -0.3 is 20.1 Å². The van der Waals surface area contributed by atoms with E-state index in [9.17, 15) is 9.59 Å². The van der Waals surface area contributed by atoms with E-state index in [4.69, 9.17) is 4.52 Å². The number of anilines is 2. The summed E-state index contributed by atoms with van der Waals surface area (Å²) in [5.41, 5.74) is 2.76. The van der Waals surface area contributed by atoms with Gasteiger partial charge in [-0.3, -0.25) is 9.59 Å². The van der Waals surface area contributed by atoms with Crippen LogP contribution in [0.4, 0.5) is 11.4 Å². The maximum absolute atomic E-state index is 13.0. The van der Waals surface area contributed by atoms with Gasteiger partial charge in [0.25, 0.3) is 0 Å². The Morgan fingerprint density at radius 3 is 2.85 bits per heavy atom. The zero-order valence-corrected chi connectivity index (χ0v) is 20.3. The van der Waals surface area contributed by atoms with Crippen LogP contribution in [0.1, 0.15) is 51.3 Å². The van der Waals surface area contributed by atoms with Crippen LogP contribution in [0.25, 0.3) is 11.4 Å². The predicted molar refractivity (Wildman–Crippen MR) is 134 cm³/mol. The Hall–Kier alpha value is -3.20. The smallest absolute Gasteiger partial charge is 0.246 e. The van der Waals surface area contributed by atoms with Crippen LogP contribution in [-0.4, -0.2) is 41.1 Å². The molecule has 1 aromatic carbocycles. The molecule has 3 heterocycles. The maximum Gasteiger partial charge on any atom is 0.246 e. The number of amides is 2. The van der Waals surface area contributed by atoms with Crippen molar-refractivity contribution in [1.29, 1.82) is 0 Å². The quantitative estimate of drug-likeness (QED) is 0.414. The molecule has 3 aromatic rings. The number of aromatic nitrogens is 2. The van der Waals surface area contributed by atoms with Gasteiger partial charge in [-0.1, -0.05) is 31.0 Å². The van der Waals surface area contributed by atoms with Gasteiger partial charge >= 0.3 is 0 Å². The van der Waals surface area contributed by atoms with E-state index in [1.807, 2.05) is 35.0 Å². The third-order valence-corrected chi connectivity index (χ3v) is 6.58. The maximum atomic E-state index is 13.0. The van der Waals surface area contributed by atoms with Crippen molar-refractivity contribution in [2.75, 3.05) is 23.3 Å². The second-order valence-electron chi connectivity index (χ2n) is 8.52. The monoisotopic (exact) mass is 481 g/mol. The first-order chi connectivity index (χ1) is 16.6. The molecule has 0 aliphatic carbocycles. The molecule has 0 saturated carbocycles.